The van der Waals surface area contributed by atoms with E-state index in [-0.39, 0.29) is 35.4 Å². The van der Waals surface area contributed by atoms with E-state index in [0.717, 1.165) is 31.2 Å². The smallest absolute Gasteiger partial charge is 0.405 e. The minimum atomic E-state index is -4.93. The van der Waals surface area contributed by atoms with Gasteiger partial charge in [-0.05, 0) is 37.1 Å². The summed E-state index contributed by atoms with van der Waals surface area (Å²) >= 11 is 0. The van der Waals surface area contributed by atoms with Gasteiger partial charge in [-0.3, -0.25) is 9.69 Å². The number of amides is 1. The van der Waals surface area contributed by atoms with Crippen molar-refractivity contribution in [2.45, 2.75) is 44.0 Å². The molecule has 0 saturated carbocycles. The molecule has 37 heavy (non-hydrogen) atoms. The number of alkyl halides is 3. The number of likely N-dealkylation sites (tertiary alicyclic amines) is 1. The fraction of sp³-hybridized carbons (Fsp3) is 0.458. The van der Waals surface area contributed by atoms with E-state index in [1.807, 2.05) is 4.90 Å². The van der Waals surface area contributed by atoms with Crippen molar-refractivity contribution >= 4 is 21.6 Å². The summed E-state index contributed by atoms with van der Waals surface area (Å²) < 4.78 is 87.4. The molecule has 1 amide bonds. The van der Waals surface area contributed by atoms with E-state index in [1.165, 1.54) is 41.7 Å². The monoisotopic (exact) mass is 545 g/mol. The van der Waals surface area contributed by atoms with Crippen molar-refractivity contribution in [3.05, 3.63) is 48.3 Å². The van der Waals surface area contributed by atoms with E-state index in [1.54, 1.807) is 0 Å². The Morgan fingerprint density at radius 1 is 1.19 bits per heavy atom. The fourth-order valence-electron chi connectivity index (χ4n) is 4.43. The van der Waals surface area contributed by atoms with Crippen LogP contribution in [0.3, 0.4) is 0 Å². The highest BCUT2D eigenvalue weighted by atomic mass is 32.2. The van der Waals surface area contributed by atoms with Crippen LogP contribution in [0.25, 0.3) is 11.1 Å². The second-order valence-corrected chi connectivity index (χ2v) is 11.2. The van der Waals surface area contributed by atoms with Crippen LogP contribution in [0.5, 0.6) is 5.75 Å². The van der Waals surface area contributed by atoms with Crippen molar-refractivity contribution in [3.8, 4) is 16.9 Å². The van der Waals surface area contributed by atoms with Crippen LogP contribution in [-0.4, -0.2) is 74.7 Å². The van der Waals surface area contributed by atoms with Crippen LogP contribution in [0.4, 0.5) is 23.2 Å². The maximum Gasteiger partial charge on any atom is 0.573 e. The van der Waals surface area contributed by atoms with Gasteiger partial charge in [0.1, 0.15) is 23.9 Å². The number of likely N-dealkylation sites (N-methyl/N-ethyl adjacent to an activating group) is 1. The van der Waals surface area contributed by atoms with Crippen LogP contribution in [0.2, 0.25) is 0 Å². The summed E-state index contributed by atoms with van der Waals surface area (Å²) in [6, 6.07) is 8.39. The Hall–Kier alpha value is -2.74. The summed E-state index contributed by atoms with van der Waals surface area (Å²) in [4.78, 5) is 15.0. The van der Waals surface area contributed by atoms with Crippen molar-refractivity contribution in [3.63, 3.8) is 0 Å². The maximum atomic E-state index is 15.0. The van der Waals surface area contributed by atoms with E-state index in [4.69, 9.17) is 4.74 Å². The molecule has 0 aromatic heterocycles. The molecule has 13 heteroatoms. The third kappa shape index (κ3) is 6.78. The van der Waals surface area contributed by atoms with Crippen LogP contribution in [0.15, 0.2) is 42.5 Å². The molecular weight excluding hydrogens is 518 g/mol. The maximum absolute atomic E-state index is 15.0. The molecule has 0 bridgehead atoms. The zero-order chi connectivity index (χ0) is 27.0. The minimum absolute atomic E-state index is 0.0790. The molecular formula is C24H27F4N3O5S. The summed E-state index contributed by atoms with van der Waals surface area (Å²) in [7, 11) is -1.91. The first-order chi connectivity index (χ1) is 17.3. The van der Waals surface area contributed by atoms with Crippen molar-refractivity contribution < 1.29 is 40.2 Å². The molecule has 4 rings (SSSR count). The highest BCUT2D eigenvalue weighted by molar-refractivity contribution is 7.88. The Labute approximate surface area is 212 Å². The molecule has 8 nitrogen and oxygen atoms in total. The van der Waals surface area contributed by atoms with Gasteiger partial charge in [0, 0.05) is 37.0 Å². The number of benzene rings is 2. The van der Waals surface area contributed by atoms with E-state index in [9.17, 15) is 30.8 Å². The molecule has 2 aliphatic rings. The van der Waals surface area contributed by atoms with Gasteiger partial charge in [0.25, 0.3) is 0 Å². The third-order valence-electron chi connectivity index (χ3n) is 6.37. The fourth-order valence-corrected chi connectivity index (χ4v) is 4.84. The number of anilines is 1. The molecule has 2 aromatic carbocycles. The highest BCUT2D eigenvalue weighted by Crippen LogP contribution is 2.36. The van der Waals surface area contributed by atoms with Gasteiger partial charge in [0.2, 0.25) is 15.9 Å². The number of hydrogen-bond acceptors (Lipinski definition) is 6. The normalized spacial score (nSPS) is 22.6. The van der Waals surface area contributed by atoms with Crippen LogP contribution in [0, 0.1) is 5.82 Å². The largest absolute Gasteiger partial charge is 0.573 e. The predicted molar refractivity (Wildman–Crippen MR) is 128 cm³/mol. The Bertz CT molecular complexity index is 1260. The molecule has 2 heterocycles. The van der Waals surface area contributed by atoms with Gasteiger partial charge in [0.05, 0.1) is 12.3 Å². The number of ether oxygens (including phenoxy) is 2. The average molecular weight is 546 g/mol. The zero-order valence-corrected chi connectivity index (χ0v) is 21.0. The Balaban J connectivity index is 1.45. The first kappa shape index (κ1) is 27.3. The molecule has 202 valence electrons. The van der Waals surface area contributed by atoms with Gasteiger partial charge in [-0.1, -0.05) is 24.6 Å². The second kappa shape index (κ2) is 10.6. The first-order valence-electron chi connectivity index (χ1n) is 11.6. The number of epoxide rings is 1. The van der Waals surface area contributed by atoms with Gasteiger partial charge in [-0.2, -0.15) is 0 Å². The van der Waals surface area contributed by atoms with Crippen LogP contribution in [-0.2, 0) is 19.6 Å². The third-order valence-corrected chi connectivity index (χ3v) is 7.65. The number of sulfonamides is 1. The molecule has 0 aliphatic carbocycles. The summed E-state index contributed by atoms with van der Waals surface area (Å²) in [5, 5.41) is 2.68. The second-order valence-electron chi connectivity index (χ2n) is 9.09. The topological polar surface area (TPSA) is 91.5 Å². The molecule has 1 N–H and O–H groups in total. The summed E-state index contributed by atoms with van der Waals surface area (Å²) in [5.74, 6) is -1.74. The summed E-state index contributed by atoms with van der Waals surface area (Å²) in [6.07, 6.45) is -2.39. The summed E-state index contributed by atoms with van der Waals surface area (Å²) in [6.45, 7) is 0.756. The number of carbonyl (C=O) groups excluding carboxylic acids is 1. The van der Waals surface area contributed by atoms with Gasteiger partial charge >= 0.3 is 6.36 Å². The first-order valence-corrected chi connectivity index (χ1v) is 13.5. The average Bonchev–Trinajstić information content (AvgIpc) is 3.57. The number of hydrogen-bond donors (Lipinski definition) is 1. The van der Waals surface area contributed by atoms with Crippen molar-refractivity contribution in [1.29, 1.82) is 0 Å². The minimum Gasteiger partial charge on any atom is -0.405 e. The van der Waals surface area contributed by atoms with E-state index in [0.29, 0.717) is 13.0 Å². The van der Waals surface area contributed by atoms with Gasteiger partial charge in [-0.15, -0.1) is 13.2 Å². The van der Waals surface area contributed by atoms with Crippen molar-refractivity contribution in [2.24, 2.45) is 0 Å². The number of nitrogens with one attached hydrogen (secondary N) is 1. The summed E-state index contributed by atoms with van der Waals surface area (Å²) in [5.41, 5.74) is -0.0397. The Kier molecular flexibility index (Phi) is 7.79. The van der Waals surface area contributed by atoms with Crippen molar-refractivity contribution in [2.75, 3.05) is 31.7 Å². The Morgan fingerprint density at radius 3 is 2.59 bits per heavy atom. The van der Waals surface area contributed by atoms with Gasteiger partial charge in [-0.25, -0.2) is 17.1 Å². The van der Waals surface area contributed by atoms with Crippen LogP contribution < -0.4 is 10.1 Å². The molecule has 0 spiro atoms. The number of nitrogens with zero attached hydrogens (tertiary/aromatic N) is 2. The molecule has 3 atom stereocenters. The molecule has 3 unspecified atom stereocenters. The SMILES string of the molecule is CN(CC1OC1N1CCCCC1C(=O)Nc1ccc(-c2ccccc2OC(F)(F)F)c(F)c1)S(C)(=O)=O. The van der Waals surface area contributed by atoms with E-state index >= 15 is 0 Å². The van der Waals surface area contributed by atoms with Gasteiger partial charge in [0.15, 0.2) is 0 Å². The Morgan fingerprint density at radius 2 is 1.92 bits per heavy atom. The van der Waals surface area contributed by atoms with E-state index in [2.05, 4.69) is 10.1 Å². The molecule has 0 radical (unpaired) electrons. The molecule has 2 aliphatic heterocycles. The molecule has 2 saturated heterocycles. The number of carbonyl (C=O) groups is 1. The lowest BCUT2D eigenvalue weighted by Crippen LogP contribution is -2.49. The number of para-hydroxylation sites is 1. The quantitative estimate of drug-likeness (QED) is 0.401. The van der Waals surface area contributed by atoms with E-state index < -0.39 is 40.2 Å². The van der Waals surface area contributed by atoms with Gasteiger partial charge < -0.3 is 14.8 Å². The van der Waals surface area contributed by atoms with Crippen molar-refractivity contribution in [1.82, 2.24) is 9.21 Å². The lowest BCUT2D eigenvalue weighted by atomic mass is 10.0. The lowest BCUT2D eigenvalue weighted by Gasteiger charge is -2.33. The lowest BCUT2D eigenvalue weighted by molar-refractivity contribution is -0.274. The molecule has 2 fully saturated rings. The number of piperidine rings is 1. The van der Waals surface area contributed by atoms with Crippen LogP contribution >= 0.6 is 0 Å². The number of halogens is 4. The zero-order valence-electron chi connectivity index (χ0n) is 20.2. The highest BCUT2D eigenvalue weighted by Gasteiger charge is 2.49. The van der Waals surface area contributed by atoms with Crippen LogP contribution in [0.1, 0.15) is 19.3 Å². The number of rotatable bonds is 8. The standard InChI is InChI=1S/C24H27F4N3O5S/c1-30(37(2,33)34)14-21-23(35-21)31-12-6-5-8-19(31)22(32)29-15-10-11-16(18(25)13-15)17-7-3-4-9-20(17)36-24(26,27)28/h3-4,7,9-11,13,19,21,23H,5-6,8,12,14H2,1-2H3,(H,29,32). The molecule has 2 aromatic rings. The predicted octanol–water partition coefficient (Wildman–Crippen LogP) is 3.80.